The largest absolute Gasteiger partial charge is 0.378 e. The zero-order valence-corrected chi connectivity index (χ0v) is 14.5. The number of nitriles is 1. The predicted molar refractivity (Wildman–Crippen MR) is 88.6 cm³/mol. The van der Waals surface area contributed by atoms with Crippen molar-refractivity contribution in [3.63, 3.8) is 0 Å². The Morgan fingerprint density at radius 1 is 1.22 bits per heavy atom. The van der Waals surface area contributed by atoms with Crippen LogP contribution in [0.1, 0.15) is 56.0 Å². The summed E-state index contributed by atoms with van der Waals surface area (Å²) in [5.41, 5.74) is 3.64. The lowest BCUT2D eigenvalue weighted by Gasteiger charge is -2.37. The molecule has 0 bridgehead atoms. The number of nitrogens with zero attached hydrogens (tertiary/aromatic N) is 3. The number of aromatic nitrogens is 1. The molecule has 0 aliphatic carbocycles. The standard InChI is InChI=1S/C18H25N3O2/c1-12(2)16-14(10-19)13-9-18(3,4)23-11-15(13)17(20-16)21-5-7-22-8-6-21/h12H,5-9,11H2,1-4H3. The van der Waals surface area contributed by atoms with E-state index in [-0.39, 0.29) is 11.5 Å². The summed E-state index contributed by atoms with van der Waals surface area (Å²) in [5.74, 6) is 1.21. The number of pyridine rings is 1. The molecule has 0 atom stereocenters. The molecule has 0 spiro atoms. The monoisotopic (exact) mass is 315 g/mol. The fourth-order valence-electron chi connectivity index (χ4n) is 3.35. The third kappa shape index (κ3) is 3.06. The molecule has 0 radical (unpaired) electrons. The van der Waals surface area contributed by atoms with Crippen molar-refractivity contribution in [2.75, 3.05) is 31.2 Å². The normalized spacial score (nSPS) is 20.3. The Morgan fingerprint density at radius 2 is 1.91 bits per heavy atom. The fourth-order valence-corrected chi connectivity index (χ4v) is 3.35. The van der Waals surface area contributed by atoms with Crippen molar-refractivity contribution in [3.8, 4) is 6.07 Å². The van der Waals surface area contributed by atoms with E-state index in [9.17, 15) is 5.26 Å². The van der Waals surface area contributed by atoms with E-state index in [2.05, 4.69) is 38.7 Å². The third-order valence-corrected chi connectivity index (χ3v) is 4.60. The minimum Gasteiger partial charge on any atom is -0.378 e. The molecule has 1 aromatic rings. The smallest absolute Gasteiger partial charge is 0.134 e. The molecule has 0 unspecified atom stereocenters. The molecule has 5 nitrogen and oxygen atoms in total. The van der Waals surface area contributed by atoms with Crippen LogP contribution >= 0.6 is 0 Å². The Bertz CT molecular complexity index is 641. The maximum absolute atomic E-state index is 9.73. The van der Waals surface area contributed by atoms with Gasteiger partial charge in [-0.2, -0.15) is 5.26 Å². The van der Waals surface area contributed by atoms with Crippen LogP contribution in [0.5, 0.6) is 0 Å². The first-order valence-corrected chi connectivity index (χ1v) is 8.35. The Hall–Kier alpha value is -1.64. The highest BCUT2D eigenvalue weighted by atomic mass is 16.5. The molecule has 2 aliphatic rings. The molecule has 0 aromatic carbocycles. The quantitative estimate of drug-likeness (QED) is 0.840. The highest BCUT2D eigenvalue weighted by Crippen LogP contribution is 2.37. The Labute approximate surface area is 138 Å². The summed E-state index contributed by atoms with van der Waals surface area (Å²) < 4.78 is 11.5. The number of hydrogen-bond acceptors (Lipinski definition) is 5. The zero-order chi connectivity index (χ0) is 16.6. The summed E-state index contributed by atoms with van der Waals surface area (Å²) in [7, 11) is 0. The minimum absolute atomic E-state index is 0.223. The molecule has 5 heteroatoms. The number of hydrogen-bond donors (Lipinski definition) is 0. The summed E-state index contributed by atoms with van der Waals surface area (Å²) in [6, 6.07) is 2.41. The van der Waals surface area contributed by atoms with Crippen LogP contribution in [0, 0.1) is 11.3 Å². The number of rotatable bonds is 2. The van der Waals surface area contributed by atoms with Crippen LogP contribution in [0.2, 0.25) is 0 Å². The third-order valence-electron chi connectivity index (χ3n) is 4.60. The SMILES string of the molecule is CC(C)c1nc(N2CCOCC2)c2c(c1C#N)CC(C)(C)OC2. The van der Waals surface area contributed by atoms with Gasteiger partial charge >= 0.3 is 0 Å². The summed E-state index contributed by atoms with van der Waals surface area (Å²) in [5, 5.41) is 9.73. The summed E-state index contributed by atoms with van der Waals surface area (Å²) in [6.45, 7) is 12.0. The van der Waals surface area contributed by atoms with Crippen LogP contribution in [-0.2, 0) is 22.5 Å². The van der Waals surface area contributed by atoms with Crippen LogP contribution in [-0.4, -0.2) is 36.9 Å². The molecule has 1 saturated heterocycles. The average Bonchev–Trinajstić information content (AvgIpc) is 2.53. The van der Waals surface area contributed by atoms with E-state index in [1.807, 2.05) is 0 Å². The lowest BCUT2D eigenvalue weighted by atomic mass is 9.86. The summed E-state index contributed by atoms with van der Waals surface area (Å²) in [6.07, 6.45) is 0.755. The molecule has 23 heavy (non-hydrogen) atoms. The topological polar surface area (TPSA) is 58.4 Å². The molecule has 0 saturated carbocycles. The first-order chi connectivity index (χ1) is 10.9. The second-order valence-electron chi connectivity index (χ2n) is 7.24. The van der Waals surface area contributed by atoms with E-state index in [4.69, 9.17) is 14.5 Å². The predicted octanol–water partition coefficient (Wildman–Crippen LogP) is 2.76. The summed E-state index contributed by atoms with van der Waals surface area (Å²) in [4.78, 5) is 7.17. The molecule has 0 amide bonds. The van der Waals surface area contributed by atoms with Crippen LogP contribution in [0.3, 0.4) is 0 Å². The van der Waals surface area contributed by atoms with Gasteiger partial charge in [0.25, 0.3) is 0 Å². The van der Waals surface area contributed by atoms with Crippen molar-refractivity contribution in [1.82, 2.24) is 4.98 Å². The molecule has 2 aliphatic heterocycles. The van der Waals surface area contributed by atoms with Crippen molar-refractivity contribution >= 4 is 5.82 Å². The Morgan fingerprint density at radius 3 is 2.52 bits per heavy atom. The number of ether oxygens (including phenoxy) is 2. The van der Waals surface area contributed by atoms with E-state index in [1.54, 1.807) is 0 Å². The van der Waals surface area contributed by atoms with Crippen molar-refractivity contribution in [2.45, 2.75) is 52.2 Å². The van der Waals surface area contributed by atoms with E-state index in [0.717, 1.165) is 60.9 Å². The molecule has 0 N–H and O–H groups in total. The van der Waals surface area contributed by atoms with Gasteiger partial charge in [0.15, 0.2) is 0 Å². The summed E-state index contributed by atoms with van der Waals surface area (Å²) >= 11 is 0. The van der Waals surface area contributed by atoms with E-state index in [0.29, 0.717) is 6.61 Å². The van der Waals surface area contributed by atoms with Gasteiger partial charge in [-0.15, -0.1) is 0 Å². The second kappa shape index (κ2) is 6.10. The van der Waals surface area contributed by atoms with Gasteiger partial charge in [-0.3, -0.25) is 0 Å². The first kappa shape index (κ1) is 16.2. The second-order valence-corrected chi connectivity index (χ2v) is 7.24. The van der Waals surface area contributed by atoms with Gasteiger partial charge in [-0.1, -0.05) is 13.8 Å². The van der Waals surface area contributed by atoms with Gasteiger partial charge in [0.05, 0.1) is 36.7 Å². The van der Waals surface area contributed by atoms with Crippen molar-refractivity contribution < 1.29 is 9.47 Å². The maximum Gasteiger partial charge on any atom is 0.134 e. The van der Waals surface area contributed by atoms with Gasteiger partial charge < -0.3 is 14.4 Å². The number of morpholine rings is 1. The van der Waals surface area contributed by atoms with Crippen LogP contribution < -0.4 is 4.90 Å². The fraction of sp³-hybridized carbons (Fsp3) is 0.667. The molecule has 3 heterocycles. The van der Waals surface area contributed by atoms with Crippen LogP contribution in [0.4, 0.5) is 5.82 Å². The van der Waals surface area contributed by atoms with Crippen LogP contribution in [0.15, 0.2) is 0 Å². The first-order valence-electron chi connectivity index (χ1n) is 8.35. The van der Waals surface area contributed by atoms with Gasteiger partial charge in [-0.05, 0) is 25.3 Å². The highest BCUT2D eigenvalue weighted by Gasteiger charge is 2.33. The molecule has 1 aromatic heterocycles. The Balaban J connectivity index is 2.17. The van der Waals surface area contributed by atoms with E-state index >= 15 is 0 Å². The number of anilines is 1. The lowest BCUT2D eigenvalue weighted by Crippen LogP contribution is -2.40. The van der Waals surface area contributed by atoms with Crippen molar-refractivity contribution in [2.24, 2.45) is 0 Å². The molecule has 1 fully saturated rings. The number of fused-ring (bicyclic) bond motifs is 1. The van der Waals surface area contributed by atoms with Crippen molar-refractivity contribution in [3.05, 3.63) is 22.4 Å². The van der Waals surface area contributed by atoms with Gasteiger partial charge in [0, 0.05) is 25.1 Å². The Kier molecular flexibility index (Phi) is 4.31. The van der Waals surface area contributed by atoms with Crippen molar-refractivity contribution in [1.29, 1.82) is 5.26 Å². The highest BCUT2D eigenvalue weighted by molar-refractivity contribution is 5.59. The van der Waals surface area contributed by atoms with Gasteiger partial charge in [-0.25, -0.2) is 4.98 Å². The van der Waals surface area contributed by atoms with Gasteiger partial charge in [0.2, 0.25) is 0 Å². The zero-order valence-electron chi connectivity index (χ0n) is 14.5. The molecular weight excluding hydrogens is 290 g/mol. The molecular formula is C18H25N3O2. The van der Waals surface area contributed by atoms with E-state index < -0.39 is 0 Å². The molecule has 3 rings (SSSR count). The van der Waals surface area contributed by atoms with E-state index in [1.165, 1.54) is 0 Å². The maximum atomic E-state index is 9.73. The average molecular weight is 315 g/mol. The van der Waals surface area contributed by atoms with Gasteiger partial charge in [0.1, 0.15) is 11.9 Å². The molecule has 124 valence electrons. The minimum atomic E-state index is -0.240. The lowest BCUT2D eigenvalue weighted by molar-refractivity contribution is -0.0402. The van der Waals surface area contributed by atoms with Crippen LogP contribution in [0.25, 0.3) is 0 Å².